The van der Waals surface area contributed by atoms with Crippen LogP contribution in [0.25, 0.3) is 5.70 Å². The Morgan fingerprint density at radius 1 is 1.33 bits per heavy atom. The van der Waals surface area contributed by atoms with E-state index in [9.17, 15) is 9.18 Å². The van der Waals surface area contributed by atoms with E-state index in [2.05, 4.69) is 30.5 Å². The van der Waals surface area contributed by atoms with Crippen molar-refractivity contribution < 1.29 is 13.9 Å². The van der Waals surface area contributed by atoms with Gasteiger partial charge in [0.15, 0.2) is 5.82 Å². The number of allylic oxidation sites excluding steroid dienone is 9. The van der Waals surface area contributed by atoms with Gasteiger partial charge in [0, 0.05) is 18.7 Å². The fraction of sp³-hybridized carbons (Fsp3) is 0.333. The molecule has 1 aromatic rings. The maximum atomic E-state index is 12.5. The quantitative estimate of drug-likeness (QED) is 0.239. The minimum Gasteiger partial charge on any atom is -0.491 e. The molecule has 0 aliphatic carbocycles. The second-order valence-corrected chi connectivity index (χ2v) is 6.41. The number of nitrogens with one attached hydrogen (secondary N) is 1. The largest absolute Gasteiger partial charge is 0.491 e. The third-order valence-corrected chi connectivity index (χ3v) is 3.81. The standard InChI is InChI=1S/C24H32FN3O2/c1-5-7-9-11-13-20(3)28-22(19-24(27-28)26-21(4)29)14-12-16-23(30-18-17-25)15-10-8-6-2/h6-7,9-11,13,15-16,19H,2-3,5,8,12,14,17-18H2,1,4H3,(H,26,27,29)/b9-7-,13-11-,15-10-,23-16+. The maximum Gasteiger partial charge on any atom is 0.222 e. The van der Waals surface area contributed by atoms with Gasteiger partial charge in [-0.25, -0.2) is 9.07 Å². The van der Waals surface area contributed by atoms with Crippen LogP contribution in [0.4, 0.5) is 10.2 Å². The first-order valence-corrected chi connectivity index (χ1v) is 10.1. The van der Waals surface area contributed by atoms with Crippen molar-refractivity contribution >= 4 is 17.4 Å². The van der Waals surface area contributed by atoms with E-state index in [4.69, 9.17) is 4.74 Å². The number of rotatable bonds is 14. The summed E-state index contributed by atoms with van der Waals surface area (Å²) in [6.07, 6.45) is 18.1. The number of halogens is 1. The number of aromatic nitrogens is 2. The van der Waals surface area contributed by atoms with Gasteiger partial charge in [0.2, 0.25) is 5.91 Å². The molecule has 1 heterocycles. The van der Waals surface area contributed by atoms with Gasteiger partial charge < -0.3 is 10.1 Å². The summed E-state index contributed by atoms with van der Waals surface area (Å²) in [6, 6.07) is 1.83. The van der Waals surface area contributed by atoms with Gasteiger partial charge in [0.25, 0.3) is 0 Å². The van der Waals surface area contributed by atoms with E-state index in [0.717, 1.165) is 12.1 Å². The number of hydrogen-bond acceptors (Lipinski definition) is 3. The highest BCUT2D eigenvalue weighted by Crippen LogP contribution is 2.17. The zero-order chi connectivity index (χ0) is 22.2. The van der Waals surface area contributed by atoms with Gasteiger partial charge >= 0.3 is 0 Å². The van der Waals surface area contributed by atoms with E-state index in [1.54, 1.807) is 10.8 Å². The maximum absolute atomic E-state index is 12.5. The Morgan fingerprint density at radius 3 is 2.80 bits per heavy atom. The number of aryl methyl sites for hydroxylation is 1. The molecule has 0 atom stereocenters. The minimum atomic E-state index is -0.544. The molecule has 0 aliphatic rings. The second-order valence-electron chi connectivity index (χ2n) is 6.41. The molecule has 5 nitrogen and oxygen atoms in total. The van der Waals surface area contributed by atoms with Crippen LogP contribution < -0.4 is 5.32 Å². The molecule has 0 radical (unpaired) electrons. The van der Waals surface area contributed by atoms with Gasteiger partial charge in [-0.3, -0.25) is 4.79 Å². The van der Waals surface area contributed by atoms with Crippen molar-refractivity contribution in [3.8, 4) is 0 Å². The molecular weight excluding hydrogens is 381 g/mol. The lowest BCUT2D eigenvalue weighted by molar-refractivity contribution is -0.114. The van der Waals surface area contributed by atoms with Crippen molar-refractivity contribution in [2.24, 2.45) is 0 Å². The lowest BCUT2D eigenvalue weighted by Gasteiger charge is -2.07. The predicted molar refractivity (Wildman–Crippen MR) is 123 cm³/mol. The number of carbonyl (C=O) groups is 1. The average molecular weight is 414 g/mol. The van der Waals surface area contributed by atoms with E-state index in [0.29, 0.717) is 36.5 Å². The summed E-state index contributed by atoms with van der Waals surface area (Å²) in [6.45, 7) is 10.7. The molecule has 1 N–H and O–H groups in total. The third kappa shape index (κ3) is 9.87. The third-order valence-electron chi connectivity index (χ3n) is 3.81. The summed E-state index contributed by atoms with van der Waals surface area (Å²) in [7, 11) is 0. The van der Waals surface area contributed by atoms with Crippen molar-refractivity contribution in [1.82, 2.24) is 9.78 Å². The van der Waals surface area contributed by atoms with Crippen molar-refractivity contribution in [2.45, 2.75) is 39.5 Å². The normalized spacial score (nSPS) is 12.2. The SMILES string of the molecule is C=CC/C=C\C(=C/CCc1cc(NC(C)=O)nn1C(=C)/C=C\C=C/CC)OCCF. The van der Waals surface area contributed by atoms with E-state index in [1.807, 2.05) is 48.6 Å². The van der Waals surface area contributed by atoms with Crippen molar-refractivity contribution in [3.05, 3.63) is 79.3 Å². The number of anilines is 1. The highest BCUT2D eigenvalue weighted by atomic mass is 19.1. The molecule has 0 bridgehead atoms. The molecule has 0 aromatic carbocycles. The molecule has 0 aliphatic heterocycles. The smallest absolute Gasteiger partial charge is 0.222 e. The monoisotopic (exact) mass is 413 g/mol. The predicted octanol–water partition coefficient (Wildman–Crippen LogP) is 5.77. The fourth-order valence-electron chi connectivity index (χ4n) is 2.51. The first-order valence-electron chi connectivity index (χ1n) is 10.1. The van der Waals surface area contributed by atoms with Crippen LogP contribution in [0.3, 0.4) is 0 Å². The number of hydrogen-bond donors (Lipinski definition) is 1. The van der Waals surface area contributed by atoms with Gasteiger partial charge in [-0.05, 0) is 43.9 Å². The Hall–Kier alpha value is -3.15. The van der Waals surface area contributed by atoms with E-state index in [1.165, 1.54) is 6.92 Å². The molecule has 0 unspecified atom stereocenters. The first-order chi connectivity index (χ1) is 14.5. The highest BCUT2D eigenvalue weighted by molar-refractivity contribution is 5.87. The molecule has 0 spiro atoms. The van der Waals surface area contributed by atoms with Gasteiger partial charge in [0.1, 0.15) is 19.0 Å². The van der Waals surface area contributed by atoms with Crippen LogP contribution in [0.2, 0.25) is 0 Å². The first kappa shape index (κ1) is 24.9. The van der Waals surface area contributed by atoms with Crippen LogP contribution in [0.1, 0.15) is 38.8 Å². The van der Waals surface area contributed by atoms with Crippen LogP contribution in [0, 0.1) is 0 Å². The van der Waals surface area contributed by atoms with Gasteiger partial charge in [-0.1, -0.05) is 43.9 Å². The van der Waals surface area contributed by atoms with Crippen LogP contribution in [0.15, 0.2) is 73.6 Å². The number of nitrogens with zero attached hydrogens (tertiary/aromatic N) is 2. The lowest BCUT2D eigenvalue weighted by Crippen LogP contribution is -2.07. The molecule has 1 aromatic heterocycles. The zero-order valence-corrected chi connectivity index (χ0v) is 17.9. The van der Waals surface area contributed by atoms with E-state index < -0.39 is 6.67 Å². The Morgan fingerprint density at radius 2 is 2.13 bits per heavy atom. The summed E-state index contributed by atoms with van der Waals surface area (Å²) < 4.78 is 19.6. The molecule has 0 saturated heterocycles. The minimum absolute atomic E-state index is 0.0156. The summed E-state index contributed by atoms with van der Waals surface area (Å²) in [5, 5.41) is 7.15. The topological polar surface area (TPSA) is 56.2 Å². The summed E-state index contributed by atoms with van der Waals surface area (Å²) in [5.74, 6) is 0.901. The molecule has 0 fully saturated rings. The van der Waals surface area contributed by atoms with Crippen molar-refractivity contribution in [2.75, 3.05) is 18.6 Å². The summed E-state index contributed by atoms with van der Waals surface area (Å²) in [4.78, 5) is 11.4. The summed E-state index contributed by atoms with van der Waals surface area (Å²) >= 11 is 0. The van der Waals surface area contributed by atoms with Crippen LogP contribution >= 0.6 is 0 Å². The molecule has 0 saturated carbocycles. The van der Waals surface area contributed by atoms with Crippen LogP contribution in [-0.2, 0) is 16.0 Å². The second kappa shape index (κ2) is 14.8. The van der Waals surface area contributed by atoms with E-state index in [-0.39, 0.29) is 12.5 Å². The van der Waals surface area contributed by atoms with Crippen molar-refractivity contribution in [3.63, 3.8) is 0 Å². The number of carbonyl (C=O) groups excluding carboxylic acids is 1. The molecular formula is C24H32FN3O2. The number of amides is 1. The van der Waals surface area contributed by atoms with E-state index >= 15 is 0 Å². The van der Waals surface area contributed by atoms with Gasteiger partial charge in [-0.15, -0.1) is 11.7 Å². The Kier molecular flexibility index (Phi) is 12.3. The van der Waals surface area contributed by atoms with Crippen LogP contribution in [-0.4, -0.2) is 29.0 Å². The van der Waals surface area contributed by atoms with Gasteiger partial charge in [0.05, 0.1) is 5.70 Å². The molecule has 30 heavy (non-hydrogen) atoms. The Bertz CT molecular complexity index is 816. The number of alkyl halides is 1. The number of ether oxygens (including phenoxy) is 1. The highest BCUT2D eigenvalue weighted by Gasteiger charge is 2.10. The Labute approximate surface area is 179 Å². The molecule has 1 rings (SSSR count). The van der Waals surface area contributed by atoms with Crippen LogP contribution in [0.5, 0.6) is 0 Å². The zero-order valence-electron chi connectivity index (χ0n) is 17.9. The van der Waals surface area contributed by atoms with Gasteiger partial charge in [-0.2, -0.15) is 0 Å². The molecule has 1 amide bonds. The lowest BCUT2D eigenvalue weighted by atomic mass is 10.2. The summed E-state index contributed by atoms with van der Waals surface area (Å²) in [5.41, 5.74) is 1.58. The Balaban J connectivity index is 2.98. The molecule has 162 valence electrons. The van der Waals surface area contributed by atoms with Crippen molar-refractivity contribution in [1.29, 1.82) is 0 Å². The fourth-order valence-corrected chi connectivity index (χ4v) is 2.51. The average Bonchev–Trinajstić information content (AvgIpc) is 3.10. The molecule has 6 heteroatoms.